The van der Waals surface area contributed by atoms with Gasteiger partial charge in [-0.3, -0.25) is 9.59 Å². The van der Waals surface area contributed by atoms with Crippen LogP contribution in [0.15, 0.2) is 0 Å². The summed E-state index contributed by atoms with van der Waals surface area (Å²) >= 11 is 0. The van der Waals surface area contributed by atoms with Gasteiger partial charge < -0.3 is 29.6 Å². The van der Waals surface area contributed by atoms with Crippen molar-refractivity contribution in [2.75, 3.05) is 65.9 Å². The molecule has 164 valence electrons. The minimum atomic E-state index is -0.0593. The van der Waals surface area contributed by atoms with E-state index in [1.165, 1.54) is 6.92 Å². The van der Waals surface area contributed by atoms with E-state index in [1.54, 1.807) is 0 Å². The molecule has 0 aliphatic heterocycles. The van der Waals surface area contributed by atoms with Gasteiger partial charge in [-0.2, -0.15) is 0 Å². The van der Waals surface area contributed by atoms with Crippen molar-refractivity contribution in [3.05, 3.63) is 0 Å². The van der Waals surface area contributed by atoms with Gasteiger partial charge in [-0.1, -0.05) is 34.6 Å². The van der Waals surface area contributed by atoms with Gasteiger partial charge in [0.1, 0.15) is 0 Å². The molecule has 8 heteroatoms. The Morgan fingerprint density at radius 2 is 1.11 bits per heavy atom. The molecule has 0 heterocycles. The van der Waals surface area contributed by atoms with Crippen molar-refractivity contribution < 1.29 is 28.5 Å². The van der Waals surface area contributed by atoms with E-state index in [9.17, 15) is 9.59 Å². The Morgan fingerprint density at radius 1 is 0.778 bits per heavy atom. The highest BCUT2D eigenvalue weighted by Crippen LogP contribution is 1.82. The van der Waals surface area contributed by atoms with E-state index in [4.69, 9.17) is 18.9 Å². The Labute approximate surface area is 165 Å². The summed E-state index contributed by atoms with van der Waals surface area (Å²) in [6, 6.07) is 0. The molecule has 0 aromatic carbocycles. The molecular weight excluding hydrogens is 352 g/mol. The topological polar surface area (TPSA) is 95.1 Å². The maximum Gasteiger partial charge on any atom is 0.216 e. The number of carbonyl (C=O) groups excluding carboxylic acids is 2. The normalized spacial score (nSPS) is 9.59. The van der Waals surface area contributed by atoms with E-state index < -0.39 is 0 Å². The molecule has 0 unspecified atom stereocenters. The molecular formula is C19H42N2O6. The molecule has 0 bridgehead atoms. The molecule has 0 saturated heterocycles. The minimum Gasteiger partial charge on any atom is -0.377 e. The third-order valence-corrected chi connectivity index (χ3v) is 2.21. The second-order valence-corrected chi connectivity index (χ2v) is 5.74. The van der Waals surface area contributed by atoms with Crippen LogP contribution in [0, 0.1) is 5.92 Å². The second-order valence-electron chi connectivity index (χ2n) is 5.74. The monoisotopic (exact) mass is 394 g/mol. The van der Waals surface area contributed by atoms with Crippen molar-refractivity contribution in [1.29, 1.82) is 0 Å². The summed E-state index contributed by atoms with van der Waals surface area (Å²) in [6.07, 6.45) is 0.640. The number of rotatable bonds is 16. The SMILES string of the molecule is CC.CC(=O)NCCOCCOCCOCCOCCNC=O.CC(C)C. The van der Waals surface area contributed by atoms with Crippen LogP contribution in [-0.4, -0.2) is 78.3 Å². The van der Waals surface area contributed by atoms with Gasteiger partial charge in [0.25, 0.3) is 0 Å². The van der Waals surface area contributed by atoms with Crippen LogP contribution in [0.4, 0.5) is 0 Å². The Bertz CT molecular complexity index is 289. The standard InChI is InChI=1S/C13H26N2O6.C4H10.C2H6/c1-13(17)15-3-5-19-7-9-21-11-10-20-8-6-18-4-2-14-12-16;1-4(2)3;1-2/h12H,2-11H2,1H3,(H,14,16)(H,15,17);4H,1-3H3;1-2H3. The second kappa shape index (κ2) is 29.5. The number of ether oxygens (including phenoxy) is 4. The molecule has 8 nitrogen and oxygen atoms in total. The van der Waals surface area contributed by atoms with Crippen LogP contribution < -0.4 is 10.6 Å². The van der Waals surface area contributed by atoms with E-state index in [0.717, 1.165) is 5.92 Å². The Hall–Kier alpha value is -1.22. The van der Waals surface area contributed by atoms with Crippen molar-refractivity contribution in [3.63, 3.8) is 0 Å². The molecule has 0 radical (unpaired) electrons. The van der Waals surface area contributed by atoms with Gasteiger partial charge in [-0.05, 0) is 5.92 Å². The van der Waals surface area contributed by atoms with Gasteiger partial charge in [0, 0.05) is 20.0 Å². The van der Waals surface area contributed by atoms with E-state index in [0.29, 0.717) is 72.4 Å². The molecule has 0 aliphatic rings. The highest BCUT2D eigenvalue weighted by molar-refractivity contribution is 5.72. The van der Waals surface area contributed by atoms with Crippen molar-refractivity contribution in [1.82, 2.24) is 10.6 Å². The molecule has 0 rings (SSSR count). The zero-order valence-electron chi connectivity index (χ0n) is 18.2. The number of nitrogens with one attached hydrogen (secondary N) is 2. The lowest BCUT2D eigenvalue weighted by atomic mass is 10.3. The van der Waals surface area contributed by atoms with Crippen LogP contribution in [0.2, 0.25) is 0 Å². The molecule has 27 heavy (non-hydrogen) atoms. The van der Waals surface area contributed by atoms with Crippen LogP contribution in [0.1, 0.15) is 41.5 Å². The Balaban J connectivity index is -0.000000841. The van der Waals surface area contributed by atoms with Crippen LogP contribution >= 0.6 is 0 Å². The summed E-state index contributed by atoms with van der Waals surface area (Å²) < 4.78 is 21.0. The molecule has 0 atom stereocenters. The first-order valence-corrected chi connectivity index (χ1v) is 9.73. The Morgan fingerprint density at radius 3 is 1.44 bits per heavy atom. The lowest BCUT2D eigenvalue weighted by Gasteiger charge is -2.07. The van der Waals surface area contributed by atoms with Crippen LogP contribution in [0.5, 0.6) is 0 Å². The first-order valence-electron chi connectivity index (χ1n) is 9.73. The van der Waals surface area contributed by atoms with Gasteiger partial charge in [-0.15, -0.1) is 0 Å². The molecule has 0 saturated carbocycles. The van der Waals surface area contributed by atoms with Gasteiger partial charge in [0.2, 0.25) is 12.3 Å². The molecule has 0 aromatic heterocycles. The number of amides is 2. The summed E-state index contributed by atoms with van der Waals surface area (Å²) in [6.45, 7) is 16.9. The van der Waals surface area contributed by atoms with Crippen molar-refractivity contribution >= 4 is 12.3 Å². The summed E-state index contributed by atoms with van der Waals surface area (Å²) in [5.41, 5.74) is 0. The van der Waals surface area contributed by atoms with E-state index >= 15 is 0 Å². The number of hydrogen-bond donors (Lipinski definition) is 2. The van der Waals surface area contributed by atoms with Crippen LogP contribution in [0.3, 0.4) is 0 Å². The average molecular weight is 395 g/mol. The van der Waals surface area contributed by atoms with Crippen molar-refractivity contribution in [3.8, 4) is 0 Å². The average Bonchev–Trinajstić information content (AvgIpc) is 2.62. The molecule has 2 amide bonds. The highest BCUT2D eigenvalue weighted by atomic mass is 16.6. The summed E-state index contributed by atoms with van der Waals surface area (Å²) in [7, 11) is 0. The fraction of sp³-hybridized carbons (Fsp3) is 0.895. The number of carbonyl (C=O) groups is 2. The first kappa shape index (κ1) is 30.5. The van der Waals surface area contributed by atoms with Gasteiger partial charge in [0.05, 0.1) is 52.9 Å². The minimum absolute atomic E-state index is 0.0593. The zero-order chi connectivity index (χ0) is 21.2. The fourth-order valence-corrected chi connectivity index (χ4v) is 1.25. The van der Waals surface area contributed by atoms with Gasteiger partial charge in [0.15, 0.2) is 0 Å². The summed E-state index contributed by atoms with van der Waals surface area (Å²) in [5, 5.41) is 5.13. The van der Waals surface area contributed by atoms with Crippen molar-refractivity contribution in [2.45, 2.75) is 41.5 Å². The lowest BCUT2D eigenvalue weighted by molar-refractivity contribution is -0.119. The molecule has 0 aromatic rings. The van der Waals surface area contributed by atoms with E-state index in [1.807, 2.05) is 13.8 Å². The predicted molar refractivity (Wildman–Crippen MR) is 108 cm³/mol. The van der Waals surface area contributed by atoms with Crippen molar-refractivity contribution in [2.24, 2.45) is 5.92 Å². The largest absolute Gasteiger partial charge is 0.377 e. The fourth-order valence-electron chi connectivity index (χ4n) is 1.25. The predicted octanol–water partition coefficient (Wildman–Crippen LogP) is 1.62. The molecule has 0 aliphatic carbocycles. The quantitative estimate of drug-likeness (QED) is 0.305. The lowest BCUT2D eigenvalue weighted by Crippen LogP contribution is -2.25. The van der Waals surface area contributed by atoms with E-state index in [-0.39, 0.29) is 5.91 Å². The number of hydrogen-bond acceptors (Lipinski definition) is 6. The Kier molecular flexibility index (Phi) is 33.4. The summed E-state index contributed by atoms with van der Waals surface area (Å²) in [5.74, 6) is 0.774. The third kappa shape index (κ3) is 45.7. The summed E-state index contributed by atoms with van der Waals surface area (Å²) in [4.78, 5) is 20.5. The molecule has 0 fully saturated rings. The first-order chi connectivity index (χ1) is 13.0. The van der Waals surface area contributed by atoms with Crippen LogP contribution in [0.25, 0.3) is 0 Å². The zero-order valence-corrected chi connectivity index (χ0v) is 18.2. The van der Waals surface area contributed by atoms with Gasteiger partial charge >= 0.3 is 0 Å². The van der Waals surface area contributed by atoms with Crippen LogP contribution in [-0.2, 0) is 28.5 Å². The van der Waals surface area contributed by atoms with Gasteiger partial charge in [-0.25, -0.2) is 0 Å². The third-order valence-electron chi connectivity index (χ3n) is 2.21. The highest BCUT2D eigenvalue weighted by Gasteiger charge is 1.93. The smallest absolute Gasteiger partial charge is 0.216 e. The molecule has 2 N–H and O–H groups in total. The van der Waals surface area contributed by atoms with E-state index in [2.05, 4.69) is 31.4 Å². The maximum atomic E-state index is 10.6. The maximum absolute atomic E-state index is 10.6. The molecule has 0 spiro atoms.